The van der Waals surface area contributed by atoms with Crippen LogP contribution in [0.25, 0.3) is 0 Å². The van der Waals surface area contributed by atoms with Crippen molar-refractivity contribution >= 4 is 27.6 Å². The number of benzene rings is 2. The van der Waals surface area contributed by atoms with Gasteiger partial charge in [0.05, 0.1) is 51.1 Å². The zero-order valence-corrected chi connectivity index (χ0v) is 18.6. The number of anilines is 1. The summed E-state index contributed by atoms with van der Waals surface area (Å²) in [4.78, 5) is 24.2. The summed E-state index contributed by atoms with van der Waals surface area (Å²) in [6, 6.07) is 8.48. The fourth-order valence-electron chi connectivity index (χ4n) is 2.68. The van der Waals surface area contributed by atoms with E-state index in [-0.39, 0.29) is 21.9 Å². The number of carbonyl (C=O) groups excluding carboxylic acids is 2. The Balaban J connectivity index is 2.21. The van der Waals surface area contributed by atoms with Crippen molar-refractivity contribution in [2.24, 2.45) is 0 Å². The average molecular weight is 452 g/mol. The lowest BCUT2D eigenvalue weighted by Crippen LogP contribution is -2.35. The smallest absolute Gasteiger partial charge is 0.337 e. The largest absolute Gasteiger partial charge is 0.495 e. The van der Waals surface area contributed by atoms with E-state index >= 15 is 0 Å². The number of carbonyl (C=O) groups is 2. The average Bonchev–Trinajstić information content (AvgIpc) is 2.77. The summed E-state index contributed by atoms with van der Waals surface area (Å²) >= 11 is 0. The first-order valence-corrected chi connectivity index (χ1v) is 10.4. The van der Waals surface area contributed by atoms with Crippen LogP contribution in [-0.2, 0) is 19.6 Å². The van der Waals surface area contributed by atoms with Gasteiger partial charge in [0.1, 0.15) is 5.75 Å². The van der Waals surface area contributed by atoms with Crippen molar-refractivity contribution in [2.75, 3.05) is 47.3 Å². The van der Waals surface area contributed by atoms with Crippen LogP contribution < -0.4 is 19.5 Å². The van der Waals surface area contributed by atoms with E-state index in [0.717, 1.165) is 4.31 Å². The van der Waals surface area contributed by atoms with E-state index in [1.807, 2.05) is 0 Å². The highest BCUT2D eigenvalue weighted by molar-refractivity contribution is 7.89. The van der Waals surface area contributed by atoms with Gasteiger partial charge in [0.2, 0.25) is 15.9 Å². The monoisotopic (exact) mass is 452 g/mol. The fraction of sp³-hybridized carbons (Fsp3) is 0.300. The summed E-state index contributed by atoms with van der Waals surface area (Å²) in [7, 11) is 2.74. The van der Waals surface area contributed by atoms with E-state index in [0.29, 0.717) is 11.5 Å². The summed E-state index contributed by atoms with van der Waals surface area (Å²) in [5.74, 6) is -0.310. The summed E-state index contributed by atoms with van der Waals surface area (Å²) in [6.45, 7) is -0.484. The lowest BCUT2D eigenvalue weighted by atomic mass is 10.2. The Bertz CT molecular complexity index is 1070. The van der Waals surface area contributed by atoms with Crippen LogP contribution in [0.3, 0.4) is 0 Å². The van der Waals surface area contributed by atoms with Crippen LogP contribution in [-0.4, -0.2) is 66.6 Å². The molecule has 0 fully saturated rings. The van der Waals surface area contributed by atoms with Crippen LogP contribution in [0.15, 0.2) is 41.3 Å². The van der Waals surface area contributed by atoms with Crippen LogP contribution in [0.4, 0.5) is 5.69 Å². The third-order valence-electron chi connectivity index (χ3n) is 4.32. The van der Waals surface area contributed by atoms with Crippen molar-refractivity contribution in [3.63, 3.8) is 0 Å². The molecule has 11 heteroatoms. The molecule has 2 rings (SSSR count). The maximum absolute atomic E-state index is 12.9. The molecule has 0 heterocycles. The van der Waals surface area contributed by atoms with Crippen LogP contribution in [0.1, 0.15) is 10.4 Å². The number of likely N-dealkylation sites (N-methyl/N-ethyl adjacent to an activating group) is 1. The molecule has 0 unspecified atom stereocenters. The molecule has 0 saturated heterocycles. The van der Waals surface area contributed by atoms with Crippen LogP contribution >= 0.6 is 0 Å². The molecule has 0 aliphatic rings. The zero-order chi connectivity index (χ0) is 23.2. The Hall–Kier alpha value is -3.31. The molecular weight excluding hydrogens is 428 g/mol. The van der Waals surface area contributed by atoms with Gasteiger partial charge in [0, 0.05) is 13.1 Å². The van der Waals surface area contributed by atoms with Crippen LogP contribution in [0.5, 0.6) is 17.2 Å². The van der Waals surface area contributed by atoms with Gasteiger partial charge in [-0.25, -0.2) is 13.2 Å². The van der Waals surface area contributed by atoms with E-state index in [1.165, 1.54) is 71.9 Å². The second-order valence-electron chi connectivity index (χ2n) is 6.23. The first-order valence-electron chi connectivity index (χ1n) is 8.92. The van der Waals surface area contributed by atoms with Crippen molar-refractivity contribution in [3.05, 3.63) is 42.0 Å². The molecule has 0 saturated carbocycles. The van der Waals surface area contributed by atoms with Crippen molar-refractivity contribution in [1.29, 1.82) is 0 Å². The molecule has 2 aromatic carbocycles. The van der Waals surface area contributed by atoms with Gasteiger partial charge in [-0.2, -0.15) is 4.31 Å². The molecule has 0 bridgehead atoms. The zero-order valence-electron chi connectivity index (χ0n) is 17.8. The topological polar surface area (TPSA) is 120 Å². The van der Waals surface area contributed by atoms with Crippen molar-refractivity contribution in [2.45, 2.75) is 4.90 Å². The Morgan fingerprint density at radius 3 is 2.10 bits per heavy atom. The van der Waals surface area contributed by atoms with E-state index in [9.17, 15) is 18.0 Å². The second-order valence-corrected chi connectivity index (χ2v) is 8.28. The first kappa shape index (κ1) is 24.0. The highest BCUT2D eigenvalue weighted by Crippen LogP contribution is 2.30. The van der Waals surface area contributed by atoms with Gasteiger partial charge in [-0.1, -0.05) is 0 Å². The summed E-state index contributed by atoms with van der Waals surface area (Å²) in [5.41, 5.74) is 0.400. The summed E-state index contributed by atoms with van der Waals surface area (Å²) < 4.78 is 46.7. The number of nitrogens with zero attached hydrogens (tertiary/aromatic N) is 1. The molecule has 1 N–H and O–H groups in total. The van der Waals surface area contributed by atoms with Crippen molar-refractivity contribution < 1.29 is 37.0 Å². The molecular formula is C20H24N2O8S. The lowest BCUT2D eigenvalue weighted by molar-refractivity contribution is -0.116. The standard InChI is InChI=1S/C20H24N2O8S/c1-22(31(25,26)14-7-9-17(28-3)18(11-14)29-4)12-19(23)21-15-10-13(20(24)30-5)6-8-16(15)27-2/h6-11H,12H2,1-5H3,(H,21,23). The molecule has 2 aromatic rings. The molecule has 0 spiro atoms. The van der Waals surface area contributed by atoms with Gasteiger partial charge in [-0.3, -0.25) is 4.79 Å². The number of hydrogen-bond acceptors (Lipinski definition) is 8. The van der Waals surface area contributed by atoms with Gasteiger partial charge in [0.15, 0.2) is 11.5 Å². The van der Waals surface area contributed by atoms with Crippen molar-refractivity contribution in [3.8, 4) is 17.2 Å². The second kappa shape index (κ2) is 10.1. The van der Waals surface area contributed by atoms with Crippen LogP contribution in [0, 0.1) is 0 Å². The molecule has 0 radical (unpaired) electrons. The Morgan fingerprint density at radius 1 is 0.903 bits per heavy atom. The molecule has 168 valence electrons. The Morgan fingerprint density at radius 2 is 1.52 bits per heavy atom. The van der Waals surface area contributed by atoms with Crippen molar-refractivity contribution in [1.82, 2.24) is 4.31 Å². The lowest BCUT2D eigenvalue weighted by Gasteiger charge is -2.18. The minimum atomic E-state index is -3.99. The van der Waals surface area contributed by atoms with E-state index < -0.39 is 28.4 Å². The van der Waals surface area contributed by atoms with Gasteiger partial charge in [0.25, 0.3) is 0 Å². The highest BCUT2D eigenvalue weighted by atomic mass is 32.2. The predicted molar refractivity (Wildman–Crippen MR) is 112 cm³/mol. The molecule has 0 aromatic heterocycles. The number of nitrogens with one attached hydrogen (secondary N) is 1. The van der Waals surface area contributed by atoms with Gasteiger partial charge >= 0.3 is 5.97 Å². The number of methoxy groups -OCH3 is 4. The normalized spacial score (nSPS) is 11.0. The molecule has 31 heavy (non-hydrogen) atoms. The number of rotatable bonds is 9. The summed E-state index contributed by atoms with van der Waals surface area (Å²) in [5, 5.41) is 2.55. The van der Waals surface area contributed by atoms with E-state index in [1.54, 1.807) is 0 Å². The molecule has 10 nitrogen and oxygen atoms in total. The minimum Gasteiger partial charge on any atom is -0.495 e. The fourth-order valence-corrected chi connectivity index (χ4v) is 3.83. The molecule has 1 amide bonds. The molecule has 0 atom stereocenters. The Kier molecular flexibility index (Phi) is 7.83. The number of ether oxygens (including phenoxy) is 4. The predicted octanol–water partition coefficient (Wildman–Crippen LogP) is 1.76. The SMILES string of the molecule is COC(=O)c1ccc(OC)c(NC(=O)CN(C)S(=O)(=O)c2ccc(OC)c(OC)c2)c1. The number of sulfonamides is 1. The number of esters is 1. The molecule has 0 aliphatic carbocycles. The number of amides is 1. The highest BCUT2D eigenvalue weighted by Gasteiger charge is 2.25. The van der Waals surface area contributed by atoms with Crippen LogP contribution in [0.2, 0.25) is 0 Å². The number of hydrogen-bond donors (Lipinski definition) is 1. The third kappa shape index (κ3) is 5.44. The van der Waals surface area contributed by atoms with Gasteiger partial charge in [-0.15, -0.1) is 0 Å². The Labute approximate surface area is 180 Å². The quantitative estimate of drug-likeness (QED) is 0.572. The van der Waals surface area contributed by atoms with E-state index in [4.69, 9.17) is 14.2 Å². The maximum Gasteiger partial charge on any atom is 0.337 e. The third-order valence-corrected chi connectivity index (χ3v) is 6.12. The maximum atomic E-state index is 12.9. The van der Waals surface area contributed by atoms with Gasteiger partial charge < -0.3 is 24.3 Å². The first-order chi connectivity index (χ1) is 14.7. The van der Waals surface area contributed by atoms with E-state index in [2.05, 4.69) is 10.1 Å². The minimum absolute atomic E-state index is 0.0641. The molecule has 0 aliphatic heterocycles. The van der Waals surface area contributed by atoms with Gasteiger partial charge in [-0.05, 0) is 30.3 Å². The summed E-state index contributed by atoms with van der Waals surface area (Å²) in [6.07, 6.45) is 0.